The van der Waals surface area contributed by atoms with E-state index in [2.05, 4.69) is 4.98 Å². The zero-order valence-electron chi connectivity index (χ0n) is 11.1. The summed E-state index contributed by atoms with van der Waals surface area (Å²) in [6.07, 6.45) is 3.90. The van der Waals surface area contributed by atoms with Gasteiger partial charge in [0.2, 0.25) is 0 Å². The van der Waals surface area contributed by atoms with E-state index in [0.717, 1.165) is 24.0 Å². The minimum Gasteiger partial charge on any atom is -0.465 e. The van der Waals surface area contributed by atoms with Crippen LogP contribution in [0.3, 0.4) is 0 Å². The Labute approximate surface area is 121 Å². The number of rotatable bonds is 2. The molecule has 1 aromatic carbocycles. The topological polar surface area (TPSA) is 59.4 Å². The van der Waals surface area contributed by atoms with Gasteiger partial charge in [0, 0.05) is 11.6 Å². The van der Waals surface area contributed by atoms with E-state index in [0.29, 0.717) is 17.0 Å². The van der Waals surface area contributed by atoms with Crippen molar-refractivity contribution in [1.82, 2.24) is 4.98 Å². The number of hydrogen-bond donors (Lipinski definition) is 1. The monoisotopic (exact) mass is 289 g/mol. The van der Waals surface area contributed by atoms with Gasteiger partial charge in [-0.25, -0.2) is 9.78 Å². The number of carbonyl (C=O) groups excluding carboxylic acids is 1. The van der Waals surface area contributed by atoms with E-state index >= 15 is 0 Å². The summed E-state index contributed by atoms with van der Waals surface area (Å²) in [5.74, 6) is -0.356. The van der Waals surface area contributed by atoms with Gasteiger partial charge in [-0.2, -0.15) is 0 Å². The van der Waals surface area contributed by atoms with Crippen LogP contribution in [0.1, 0.15) is 39.3 Å². The second-order valence-electron chi connectivity index (χ2n) is 4.87. The van der Waals surface area contributed by atoms with Crippen molar-refractivity contribution < 1.29 is 14.6 Å². The summed E-state index contributed by atoms with van der Waals surface area (Å²) in [4.78, 5) is 16.1. The number of benzene rings is 1. The van der Waals surface area contributed by atoms with Crippen LogP contribution in [0.4, 0.5) is 0 Å². The van der Waals surface area contributed by atoms with Crippen molar-refractivity contribution in [2.24, 2.45) is 0 Å². The molecule has 3 rings (SSSR count). The van der Waals surface area contributed by atoms with Crippen LogP contribution in [-0.2, 0) is 16.8 Å². The van der Waals surface area contributed by atoms with E-state index in [4.69, 9.17) is 4.74 Å². The van der Waals surface area contributed by atoms with Crippen LogP contribution < -0.4 is 0 Å². The van der Waals surface area contributed by atoms with E-state index in [1.807, 2.05) is 11.4 Å². The van der Waals surface area contributed by atoms with Crippen LogP contribution >= 0.6 is 11.3 Å². The molecule has 1 aliphatic rings. The number of methoxy groups -OCH3 is 1. The van der Waals surface area contributed by atoms with Crippen LogP contribution in [0, 0.1) is 0 Å². The third-order valence-electron chi connectivity index (χ3n) is 3.78. The van der Waals surface area contributed by atoms with Crippen LogP contribution in [-0.4, -0.2) is 23.2 Å². The molecule has 0 radical (unpaired) electrons. The fraction of sp³-hybridized carbons (Fsp3) is 0.333. The van der Waals surface area contributed by atoms with Crippen molar-refractivity contribution in [3.63, 3.8) is 0 Å². The Morgan fingerprint density at radius 1 is 1.50 bits per heavy atom. The third-order valence-corrected chi connectivity index (χ3v) is 4.70. The van der Waals surface area contributed by atoms with Gasteiger partial charge in [0.1, 0.15) is 10.6 Å². The molecule has 0 spiro atoms. The average Bonchev–Trinajstić information content (AvgIpc) is 3.01. The van der Waals surface area contributed by atoms with Gasteiger partial charge in [0.05, 0.1) is 12.7 Å². The minimum atomic E-state index is -1.09. The smallest absolute Gasteiger partial charge is 0.338 e. The van der Waals surface area contributed by atoms with Gasteiger partial charge < -0.3 is 9.84 Å². The summed E-state index contributed by atoms with van der Waals surface area (Å²) < 4.78 is 4.83. The Morgan fingerprint density at radius 3 is 3.05 bits per heavy atom. The molecule has 0 amide bonds. The first kappa shape index (κ1) is 13.3. The molecule has 0 saturated carbocycles. The van der Waals surface area contributed by atoms with E-state index in [-0.39, 0.29) is 5.97 Å². The van der Waals surface area contributed by atoms with E-state index in [1.54, 1.807) is 18.3 Å². The van der Waals surface area contributed by atoms with Crippen LogP contribution in [0.25, 0.3) is 0 Å². The van der Waals surface area contributed by atoms with Crippen molar-refractivity contribution in [3.05, 3.63) is 51.5 Å². The normalized spacial score (nSPS) is 21.3. The molecular weight excluding hydrogens is 274 g/mol. The van der Waals surface area contributed by atoms with Crippen LogP contribution in [0.15, 0.2) is 29.8 Å². The number of aromatic nitrogens is 1. The summed E-state index contributed by atoms with van der Waals surface area (Å²) in [7, 11) is 1.37. The summed E-state index contributed by atoms with van der Waals surface area (Å²) in [6, 6.07) is 5.41. The number of fused-ring (bicyclic) bond motifs is 1. The molecule has 1 atom stereocenters. The predicted molar refractivity (Wildman–Crippen MR) is 75.8 cm³/mol. The molecule has 1 N–H and O–H groups in total. The maximum atomic E-state index is 11.9. The van der Waals surface area contributed by atoms with E-state index in [1.165, 1.54) is 18.4 Å². The van der Waals surface area contributed by atoms with Crippen molar-refractivity contribution in [2.45, 2.75) is 24.9 Å². The molecule has 1 heterocycles. The SMILES string of the molecule is COC(=O)c1cccc2c1CCC[C@@]2(O)c1nccs1. The molecule has 0 bridgehead atoms. The second kappa shape index (κ2) is 5.00. The molecule has 2 aromatic rings. The Balaban J connectivity index is 2.17. The first-order valence-corrected chi connectivity index (χ1v) is 7.38. The number of nitrogens with zero attached hydrogens (tertiary/aromatic N) is 1. The molecule has 0 unspecified atom stereocenters. The number of ether oxygens (including phenoxy) is 1. The Kier molecular flexibility index (Phi) is 3.31. The Morgan fingerprint density at radius 2 is 2.35 bits per heavy atom. The highest BCUT2D eigenvalue weighted by atomic mass is 32.1. The molecule has 0 aliphatic heterocycles. The largest absolute Gasteiger partial charge is 0.465 e. The molecule has 1 aliphatic carbocycles. The number of hydrogen-bond acceptors (Lipinski definition) is 5. The summed E-state index contributed by atoms with van der Waals surface area (Å²) in [5.41, 5.74) is 1.11. The Bertz CT molecular complexity index is 639. The molecule has 5 heteroatoms. The molecule has 0 saturated heterocycles. The fourth-order valence-electron chi connectivity index (χ4n) is 2.85. The molecule has 20 heavy (non-hydrogen) atoms. The fourth-order valence-corrected chi connectivity index (χ4v) is 3.63. The van der Waals surface area contributed by atoms with Crippen molar-refractivity contribution in [3.8, 4) is 0 Å². The third kappa shape index (κ3) is 1.94. The number of thiazole rings is 1. The Hall–Kier alpha value is -1.72. The number of aliphatic hydroxyl groups is 1. The van der Waals surface area contributed by atoms with Gasteiger partial charge in [0.15, 0.2) is 0 Å². The molecule has 0 fully saturated rings. The van der Waals surface area contributed by atoms with Crippen molar-refractivity contribution in [1.29, 1.82) is 0 Å². The standard InChI is InChI=1S/C15H15NO3S/c1-19-13(17)11-4-2-6-12-10(11)5-3-7-15(12,18)14-16-8-9-20-14/h2,4,6,8-9,18H,3,5,7H2,1H3/t15-/m0/s1. The summed E-state index contributed by atoms with van der Waals surface area (Å²) in [5, 5.41) is 13.6. The maximum absolute atomic E-state index is 11.9. The molecule has 4 nitrogen and oxygen atoms in total. The zero-order valence-corrected chi connectivity index (χ0v) is 11.9. The van der Waals surface area contributed by atoms with E-state index < -0.39 is 5.60 Å². The first-order valence-electron chi connectivity index (χ1n) is 6.50. The zero-order chi connectivity index (χ0) is 14.2. The number of esters is 1. The summed E-state index contributed by atoms with van der Waals surface area (Å²) >= 11 is 1.43. The highest BCUT2D eigenvalue weighted by Crippen LogP contribution is 2.42. The quantitative estimate of drug-likeness (QED) is 0.863. The van der Waals surface area contributed by atoms with Gasteiger partial charge in [-0.05, 0) is 36.5 Å². The van der Waals surface area contributed by atoms with Gasteiger partial charge in [-0.15, -0.1) is 11.3 Å². The van der Waals surface area contributed by atoms with Crippen LogP contribution in [0.2, 0.25) is 0 Å². The highest BCUT2D eigenvalue weighted by Gasteiger charge is 2.39. The van der Waals surface area contributed by atoms with Gasteiger partial charge >= 0.3 is 5.97 Å². The molecular formula is C15H15NO3S. The van der Waals surface area contributed by atoms with Crippen molar-refractivity contribution >= 4 is 17.3 Å². The highest BCUT2D eigenvalue weighted by molar-refractivity contribution is 7.09. The van der Waals surface area contributed by atoms with Gasteiger partial charge in [-0.3, -0.25) is 0 Å². The lowest BCUT2D eigenvalue weighted by Crippen LogP contribution is -2.32. The van der Waals surface area contributed by atoms with Gasteiger partial charge in [0.25, 0.3) is 0 Å². The lowest BCUT2D eigenvalue weighted by atomic mass is 9.77. The predicted octanol–water partition coefficient (Wildman–Crippen LogP) is 2.50. The maximum Gasteiger partial charge on any atom is 0.338 e. The van der Waals surface area contributed by atoms with Crippen molar-refractivity contribution in [2.75, 3.05) is 7.11 Å². The molecule has 1 aromatic heterocycles. The lowest BCUT2D eigenvalue weighted by Gasteiger charge is -2.33. The van der Waals surface area contributed by atoms with E-state index in [9.17, 15) is 9.90 Å². The van der Waals surface area contributed by atoms with Crippen LogP contribution in [0.5, 0.6) is 0 Å². The summed E-state index contributed by atoms with van der Waals surface area (Å²) in [6.45, 7) is 0. The number of carbonyl (C=O) groups is 1. The second-order valence-corrected chi connectivity index (χ2v) is 5.77. The van der Waals surface area contributed by atoms with Gasteiger partial charge in [-0.1, -0.05) is 12.1 Å². The minimum absolute atomic E-state index is 0.356. The molecule has 104 valence electrons. The first-order chi connectivity index (χ1) is 9.66. The lowest BCUT2D eigenvalue weighted by molar-refractivity contribution is 0.0569. The average molecular weight is 289 g/mol.